The minimum atomic E-state index is 0.425. The van der Waals surface area contributed by atoms with Gasteiger partial charge in [0.15, 0.2) is 10.9 Å². The number of benzene rings is 1. The van der Waals surface area contributed by atoms with Gasteiger partial charge in [0, 0.05) is 16.2 Å². The molecule has 0 saturated carbocycles. The highest BCUT2D eigenvalue weighted by atomic mass is 79.9. The van der Waals surface area contributed by atoms with Gasteiger partial charge in [-0.3, -0.25) is 0 Å². The maximum absolute atomic E-state index is 6.27. The number of pyridine rings is 1. The highest BCUT2D eigenvalue weighted by Crippen LogP contribution is 2.28. The predicted molar refractivity (Wildman–Crippen MR) is 109 cm³/mol. The number of hydrogen-bond donors (Lipinski definition) is 2. The lowest BCUT2D eigenvalue weighted by molar-refractivity contribution is 0.516. The third kappa shape index (κ3) is 4.39. The molecular formula is C18H15BrClN3OS. The van der Waals surface area contributed by atoms with E-state index in [2.05, 4.69) is 31.5 Å². The SMILES string of the molecule is Cc1c(Br)cnc(NC(=S)NCc2ccc(-c3ccccc3)o2)c1Cl. The normalized spacial score (nSPS) is 10.5. The molecule has 0 atom stereocenters. The summed E-state index contributed by atoms with van der Waals surface area (Å²) < 4.78 is 6.68. The van der Waals surface area contributed by atoms with Crippen molar-refractivity contribution in [3.8, 4) is 11.3 Å². The van der Waals surface area contributed by atoms with Gasteiger partial charge in [-0.15, -0.1) is 0 Å². The zero-order chi connectivity index (χ0) is 17.8. The summed E-state index contributed by atoms with van der Waals surface area (Å²) in [5, 5.41) is 7.05. The molecule has 0 aliphatic rings. The Morgan fingerprint density at radius 2 is 2.00 bits per heavy atom. The summed E-state index contributed by atoms with van der Waals surface area (Å²) in [7, 11) is 0. The van der Waals surface area contributed by atoms with Crippen molar-refractivity contribution >= 4 is 50.7 Å². The number of furan rings is 1. The lowest BCUT2D eigenvalue weighted by atomic mass is 10.2. The quantitative estimate of drug-likeness (QED) is 0.525. The molecule has 3 aromatic rings. The third-order valence-corrected chi connectivity index (χ3v) is 5.09. The molecule has 25 heavy (non-hydrogen) atoms. The molecule has 0 saturated heterocycles. The second-order valence-electron chi connectivity index (χ2n) is 5.33. The molecule has 7 heteroatoms. The van der Waals surface area contributed by atoms with Gasteiger partial charge in [0.05, 0.1) is 11.6 Å². The van der Waals surface area contributed by atoms with E-state index in [1.54, 1.807) is 6.20 Å². The van der Waals surface area contributed by atoms with Crippen LogP contribution in [-0.2, 0) is 6.54 Å². The predicted octanol–water partition coefficient (Wildman–Crippen LogP) is 5.55. The molecule has 1 aromatic carbocycles. The number of anilines is 1. The second kappa shape index (κ2) is 7.99. The van der Waals surface area contributed by atoms with Crippen molar-refractivity contribution < 1.29 is 4.42 Å². The topological polar surface area (TPSA) is 50.1 Å². The van der Waals surface area contributed by atoms with E-state index in [0.717, 1.165) is 27.1 Å². The Morgan fingerprint density at radius 3 is 2.76 bits per heavy atom. The lowest BCUT2D eigenvalue weighted by Crippen LogP contribution is -2.28. The van der Waals surface area contributed by atoms with Crippen molar-refractivity contribution in [2.24, 2.45) is 0 Å². The lowest BCUT2D eigenvalue weighted by Gasteiger charge is -2.12. The zero-order valence-corrected chi connectivity index (χ0v) is 16.5. The molecule has 0 bridgehead atoms. The molecule has 0 aliphatic heterocycles. The summed E-state index contributed by atoms with van der Waals surface area (Å²) >= 11 is 15.0. The van der Waals surface area contributed by atoms with Crippen LogP contribution in [0, 0.1) is 6.92 Å². The Hall–Kier alpha value is -1.89. The van der Waals surface area contributed by atoms with Crippen LogP contribution in [0.3, 0.4) is 0 Å². The van der Waals surface area contributed by atoms with Crippen LogP contribution in [0.15, 0.2) is 57.6 Å². The molecule has 0 amide bonds. The van der Waals surface area contributed by atoms with E-state index >= 15 is 0 Å². The van der Waals surface area contributed by atoms with Crippen molar-refractivity contribution in [3.63, 3.8) is 0 Å². The summed E-state index contributed by atoms with van der Waals surface area (Å²) in [6.07, 6.45) is 1.69. The maximum atomic E-state index is 6.27. The van der Waals surface area contributed by atoms with Gasteiger partial charge in [0.2, 0.25) is 0 Å². The van der Waals surface area contributed by atoms with E-state index in [0.29, 0.717) is 22.5 Å². The van der Waals surface area contributed by atoms with E-state index in [1.807, 2.05) is 49.4 Å². The van der Waals surface area contributed by atoms with Gasteiger partial charge < -0.3 is 15.1 Å². The van der Waals surface area contributed by atoms with E-state index in [4.69, 9.17) is 28.2 Å². The van der Waals surface area contributed by atoms with Crippen LogP contribution in [-0.4, -0.2) is 10.1 Å². The molecule has 0 aliphatic carbocycles. The van der Waals surface area contributed by atoms with Crippen LogP contribution in [0.2, 0.25) is 5.02 Å². The van der Waals surface area contributed by atoms with Crippen molar-refractivity contribution in [1.29, 1.82) is 0 Å². The van der Waals surface area contributed by atoms with E-state index in [-0.39, 0.29) is 0 Å². The van der Waals surface area contributed by atoms with Gasteiger partial charge in [-0.25, -0.2) is 4.98 Å². The van der Waals surface area contributed by atoms with Crippen LogP contribution in [0.25, 0.3) is 11.3 Å². The van der Waals surface area contributed by atoms with Crippen molar-refractivity contribution in [1.82, 2.24) is 10.3 Å². The molecular weight excluding hydrogens is 422 g/mol. The van der Waals surface area contributed by atoms with Crippen molar-refractivity contribution in [3.05, 3.63) is 69.5 Å². The van der Waals surface area contributed by atoms with Gasteiger partial charge in [-0.05, 0) is 52.8 Å². The monoisotopic (exact) mass is 435 g/mol. The number of nitrogens with one attached hydrogen (secondary N) is 2. The average molecular weight is 437 g/mol. The fraction of sp³-hybridized carbons (Fsp3) is 0.111. The van der Waals surface area contributed by atoms with Crippen molar-refractivity contribution in [2.75, 3.05) is 5.32 Å². The summed E-state index contributed by atoms with van der Waals surface area (Å²) in [5.74, 6) is 2.13. The fourth-order valence-corrected chi connectivity index (χ4v) is 2.98. The Morgan fingerprint density at radius 1 is 1.24 bits per heavy atom. The molecule has 3 rings (SSSR count). The Labute approximate surface area is 164 Å². The number of rotatable bonds is 4. The molecule has 0 radical (unpaired) electrons. The minimum absolute atomic E-state index is 0.425. The first-order valence-electron chi connectivity index (χ1n) is 7.54. The minimum Gasteiger partial charge on any atom is -0.459 e. The van der Waals surface area contributed by atoms with Gasteiger partial charge in [0.25, 0.3) is 0 Å². The zero-order valence-electron chi connectivity index (χ0n) is 13.3. The van der Waals surface area contributed by atoms with Crippen LogP contribution < -0.4 is 10.6 Å². The first-order chi connectivity index (χ1) is 12.0. The van der Waals surface area contributed by atoms with Crippen LogP contribution >= 0.6 is 39.7 Å². The van der Waals surface area contributed by atoms with Gasteiger partial charge >= 0.3 is 0 Å². The van der Waals surface area contributed by atoms with Gasteiger partial charge in [-0.2, -0.15) is 0 Å². The third-order valence-electron chi connectivity index (χ3n) is 3.58. The van der Waals surface area contributed by atoms with Crippen LogP contribution in [0.4, 0.5) is 5.82 Å². The second-order valence-corrected chi connectivity index (χ2v) is 6.97. The van der Waals surface area contributed by atoms with Gasteiger partial charge in [0.1, 0.15) is 11.5 Å². The maximum Gasteiger partial charge on any atom is 0.172 e. The van der Waals surface area contributed by atoms with Crippen LogP contribution in [0.5, 0.6) is 0 Å². The summed E-state index contributed by atoms with van der Waals surface area (Å²) in [5.41, 5.74) is 1.94. The summed E-state index contributed by atoms with van der Waals surface area (Å²) in [6, 6.07) is 13.8. The Kier molecular flexibility index (Phi) is 5.73. The Balaban J connectivity index is 1.60. The largest absolute Gasteiger partial charge is 0.459 e. The smallest absolute Gasteiger partial charge is 0.172 e. The van der Waals surface area contributed by atoms with E-state index in [1.165, 1.54) is 0 Å². The highest BCUT2D eigenvalue weighted by molar-refractivity contribution is 9.10. The highest BCUT2D eigenvalue weighted by Gasteiger charge is 2.10. The number of aromatic nitrogens is 1. The van der Waals surface area contributed by atoms with Crippen molar-refractivity contribution in [2.45, 2.75) is 13.5 Å². The number of halogens is 2. The molecule has 2 N–H and O–H groups in total. The molecule has 4 nitrogen and oxygen atoms in total. The molecule has 0 fully saturated rings. The first-order valence-corrected chi connectivity index (χ1v) is 9.12. The number of thiocarbonyl (C=S) groups is 1. The number of nitrogens with zero attached hydrogens (tertiary/aromatic N) is 1. The standard InChI is InChI=1S/C18H15BrClN3OS/c1-11-14(19)10-21-17(16(11)20)23-18(25)22-9-13-7-8-15(24-13)12-5-3-2-4-6-12/h2-8,10H,9H2,1H3,(H2,21,22,23,25). The summed E-state index contributed by atoms with van der Waals surface area (Å²) in [6.45, 7) is 2.37. The molecule has 2 aromatic heterocycles. The van der Waals surface area contributed by atoms with E-state index in [9.17, 15) is 0 Å². The molecule has 0 spiro atoms. The summed E-state index contributed by atoms with van der Waals surface area (Å²) in [4.78, 5) is 4.24. The molecule has 0 unspecified atom stereocenters. The first kappa shape index (κ1) is 17.9. The average Bonchev–Trinajstić information content (AvgIpc) is 3.10. The fourth-order valence-electron chi connectivity index (χ4n) is 2.19. The van der Waals surface area contributed by atoms with Gasteiger partial charge in [-0.1, -0.05) is 41.9 Å². The number of hydrogen-bond acceptors (Lipinski definition) is 3. The van der Waals surface area contributed by atoms with Crippen LogP contribution in [0.1, 0.15) is 11.3 Å². The molecule has 2 heterocycles. The van der Waals surface area contributed by atoms with E-state index < -0.39 is 0 Å². The Bertz CT molecular complexity index is 899. The molecule has 128 valence electrons.